The van der Waals surface area contributed by atoms with Gasteiger partial charge in [0.15, 0.2) is 0 Å². The Hall–Kier alpha value is -2.66. The molecule has 2 aromatic rings. The standard InChI is InChI=1S/C33H43ClFNO3/c1-2-3-4-5-6-7-8-9-10-11-12-13-14-15-24-36-30(25-18-22-28(35)23-19-25)29(32(38)33(36)39)31(37)26-16-20-27(34)21-17-26/h16-23,30,37H,2-15,24H2,1H3/b31-29-. The summed E-state index contributed by atoms with van der Waals surface area (Å²) in [5.41, 5.74) is 1.02. The molecular formula is C33H43ClFNO3. The van der Waals surface area contributed by atoms with Crippen molar-refractivity contribution in [3.8, 4) is 0 Å². The monoisotopic (exact) mass is 555 g/mol. The molecule has 212 valence electrons. The fourth-order valence-electron chi connectivity index (χ4n) is 5.34. The number of carbonyl (C=O) groups excluding carboxylic acids is 2. The molecule has 0 bridgehead atoms. The molecule has 1 aliphatic rings. The third-order valence-corrected chi connectivity index (χ3v) is 7.85. The number of nitrogens with zero attached hydrogens (tertiary/aromatic N) is 1. The van der Waals surface area contributed by atoms with E-state index in [1.165, 1.54) is 87.7 Å². The first-order valence-electron chi connectivity index (χ1n) is 14.7. The lowest BCUT2D eigenvalue weighted by molar-refractivity contribution is -0.139. The maximum atomic E-state index is 13.7. The summed E-state index contributed by atoms with van der Waals surface area (Å²) >= 11 is 5.98. The van der Waals surface area contributed by atoms with Crippen LogP contribution in [0.2, 0.25) is 5.02 Å². The summed E-state index contributed by atoms with van der Waals surface area (Å²) in [7, 11) is 0. The zero-order chi connectivity index (χ0) is 28.0. The van der Waals surface area contributed by atoms with Crippen LogP contribution in [0.3, 0.4) is 0 Å². The number of Topliss-reactive ketones (excluding diaryl/α,β-unsaturated/α-hetero) is 1. The van der Waals surface area contributed by atoms with E-state index in [9.17, 15) is 19.1 Å². The van der Waals surface area contributed by atoms with Crippen molar-refractivity contribution in [2.75, 3.05) is 6.54 Å². The number of aliphatic hydroxyl groups is 1. The molecule has 1 aliphatic heterocycles. The highest BCUT2D eigenvalue weighted by Gasteiger charge is 2.45. The van der Waals surface area contributed by atoms with E-state index >= 15 is 0 Å². The molecule has 1 fully saturated rings. The molecule has 1 saturated heterocycles. The Morgan fingerprint density at radius 1 is 0.769 bits per heavy atom. The van der Waals surface area contributed by atoms with Gasteiger partial charge in [0.2, 0.25) is 0 Å². The number of benzene rings is 2. The number of rotatable bonds is 17. The molecule has 1 N–H and O–H groups in total. The number of carbonyl (C=O) groups is 2. The van der Waals surface area contributed by atoms with Crippen LogP contribution in [0.25, 0.3) is 5.76 Å². The number of amides is 1. The largest absolute Gasteiger partial charge is 0.507 e. The molecule has 0 saturated carbocycles. The van der Waals surface area contributed by atoms with Gasteiger partial charge in [-0.05, 0) is 48.4 Å². The topological polar surface area (TPSA) is 57.6 Å². The minimum atomic E-state index is -0.761. The maximum Gasteiger partial charge on any atom is 0.295 e. The summed E-state index contributed by atoms with van der Waals surface area (Å²) in [5.74, 6) is -2.00. The van der Waals surface area contributed by atoms with Crippen molar-refractivity contribution in [2.45, 2.75) is 103 Å². The first-order chi connectivity index (χ1) is 18.9. The second-order valence-corrected chi connectivity index (χ2v) is 11.1. The predicted molar refractivity (Wildman–Crippen MR) is 157 cm³/mol. The van der Waals surface area contributed by atoms with Gasteiger partial charge in [0.25, 0.3) is 11.7 Å². The average molecular weight is 556 g/mol. The molecule has 0 radical (unpaired) electrons. The Morgan fingerprint density at radius 2 is 1.26 bits per heavy atom. The summed E-state index contributed by atoms with van der Waals surface area (Å²) in [4.78, 5) is 27.7. The van der Waals surface area contributed by atoms with Crippen molar-refractivity contribution in [3.63, 3.8) is 0 Å². The Kier molecular flexibility index (Phi) is 13.0. The van der Waals surface area contributed by atoms with Gasteiger partial charge >= 0.3 is 0 Å². The molecule has 0 aromatic heterocycles. The first kappa shape index (κ1) is 30.9. The van der Waals surface area contributed by atoms with E-state index in [1.54, 1.807) is 36.4 Å². The van der Waals surface area contributed by atoms with E-state index in [-0.39, 0.29) is 11.3 Å². The summed E-state index contributed by atoms with van der Waals surface area (Å²) in [6.07, 6.45) is 17.3. The minimum absolute atomic E-state index is 0.0271. The molecule has 0 aliphatic carbocycles. The van der Waals surface area contributed by atoms with E-state index in [0.29, 0.717) is 22.7 Å². The number of aliphatic hydroxyl groups excluding tert-OH is 1. The minimum Gasteiger partial charge on any atom is -0.507 e. The van der Waals surface area contributed by atoms with Gasteiger partial charge in [0.1, 0.15) is 11.6 Å². The first-order valence-corrected chi connectivity index (χ1v) is 15.1. The van der Waals surface area contributed by atoms with Crippen molar-refractivity contribution < 1.29 is 19.1 Å². The van der Waals surface area contributed by atoms with Gasteiger partial charge in [-0.2, -0.15) is 0 Å². The van der Waals surface area contributed by atoms with Crippen LogP contribution in [-0.2, 0) is 9.59 Å². The molecule has 6 heteroatoms. The van der Waals surface area contributed by atoms with Gasteiger partial charge in [-0.1, -0.05) is 114 Å². The molecule has 2 aromatic carbocycles. The van der Waals surface area contributed by atoms with E-state index in [0.717, 1.165) is 19.3 Å². The second kappa shape index (κ2) is 16.4. The van der Waals surface area contributed by atoms with Gasteiger partial charge < -0.3 is 10.0 Å². The number of halogens is 2. The highest BCUT2D eigenvalue weighted by molar-refractivity contribution is 6.46. The Balaban J connectivity index is 1.52. The normalized spacial score (nSPS) is 16.8. The zero-order valence-electron chi connectivity index (χ0n) is 23.3. The fraction of sp³-hybridized carbons (Fsp3) is 0.515. The lowest BCUT2D eigenvalue weighted by Crippen LogP contribution is -2.30. The van der Waals surface area contributed by atoms with Crippen molar-refractivity contribution >= 4 is 29.1 Å². The summed E-state index contributed by atoms with van der Waals surface area (Å²) in [6.45, 7) is 2.66. The number of unbranched alkanes of at least 4 members (excludes halogenated alkanes) is 13. The van der Waals surface area contributed by atoms with Crippen molar-refractivity contribution in [1.82, 2.24) is 4.90 Å². The Bertz CT molecular complexity index is 1080. The van der Waals surface area contributed by atoms with Crippen LogP contribution in [0.5, 0.6) is 0 Å². The molecule has 0 spiro atoms. The molecule has 3 rings (SSSR count). The van der Waals surface area contributed by atoms with Gasteiger partial charge in [0, 0.05) is 17.1 Å². The van der Waals surface area contributed by atoms with E-state index in [1.807, 2.05) is 0 Å². The van der Waals surface area contributed by atoms with Crippen LogP contribution in [0.1, 0.15) is 114 Å². The molecule has 1 atom stereocenters. The maximum absolute atomic E-state index is 13.7. The quantitative estimate of drug-likeness (QED) is 0.0915. The third kappa shape index (κ3) is 9.20. The van der Waals surface area contributed by atoms with Crippen molar-refractivity contribution in [2.24, 2.45) is 0 Å². The summed E-state index contributed by atoms with van der Waals surface area (Å²) in [5, 5.41) is 11.6. The highest BCUT2D eigenvalue weighted by Crippen LogP contribution is 2.39. The molecule has 39 heavy (non-hydrogen) atoms. The SMILES string of the molecule is CCCCCCCCCCCCCCCCN1C(=O)C(=O)/C(=C(\O)c2ccc(Cl)cc2)C1c1ccc(F)cc1. The van der Waals surface area contributed by atoms with Crippen LogP contribution in [0, 0.1) is 5.82 Å². The third-order valence-electron chi connectivity index (χ3n) is 7.60. The molecule has 1 unspecified atom stereocenters. The number of ketones is 1. The number of likely N-dealkylation sites (tertiary alicyclic amines) is 1. The van der Waals surface area contributed by atoms with Crippen LogP contribution in [-0.4, -0.2) is 28.2 Å². The molecule has 4 nitrogen and oxygen atoms in total. The van der Waals surface area contributed by atoms with Gasteiger partial charge in [-0.15, -0.1) is 0 Å². The lowest BCUT2D eigenvalue weighted by Gasteiger charge is -2.25. The van der Waals surface area contributed by atoms with Crippen LogP contribution in [0.15, 0.2) is 54.1 Å². The second-order valence-electron chi connectivity index (χ2n) is 10.6. The average Bonchev–Trinajstić information content (AvgIpc) is 3.18. The lowest BCUT2D eigenvalue weighted by atomic mass is 9.95. The van der Waals surface area contributed by atoms with Crippen molar-refractivity contribution in [3.05, 3.63) is 76.1 Å². The zero-order valence-corrected chi connectivity index (χ0v) is 24.0. The Morgan fingerprint density at radius 3 is 1.77 bits per heavy atom. The smallest absolute Gasteiger partial charge is 0.295 e. The van der Waals surface area contributed by atoms with Crippen LogP contribution in [0.4, 0.5) is 4.39 Å². The van der Waals surface area contributed by atoms with Gasteiger partial charge in [0.05, 0.1) is 11.6 Å². The van der Waals surface area contributed by atoms with E-state index in [2.05, 4.69) is 6.92 Å². The number of hydrogen-bond donors (Lipinski definition) is 1. The van der Waals surface area contributed by atoms with Gasteiger partial charge in [-0.25, -0.2) is 4.39 Å². The highest BCUT2D eigenvalue weighted by atomic mass is 35.5. The predicted octanol–water partition coefficient (Wildman–Crippen LogP) is 9.38. The summed E-state index contributed by atoms with van der Waals surface area (Å²) < 4.78 is 13.7. The number of hydrogen-bond acceptors (Lipinski definition) is 3. The molecule has 1 heterocycles. The van der Waals surface area contributed by atoms with E-state index in [4.69, 9.17) is 11.6 Å². The Labute approximate surface area is 238 Å². The van der Waals surface area contributed by atoms with Crippen molar-refractivity contribution in [1.29, 1.82) is 0 Å². The molecular weight excluding hydrogens is 513 g/mol. The molecule has 1 amide bonds. The van der Waals surface area contributed by atoms with Crippen LogP contribution < -0.4 is 0 Å². The summed E-state index contributed by atoms with van der Waals surface area (Å²) in [6, 6.07) is 11.5. The van der Waals surface area contributed by atoms with Crippen LogP contribution >= 0.6 is 11.6 Å². The van der Waals surface area contributed by atoms with Gasteiger partial charge in [-0.3, -0.25) is 9.59 Å². The fourth-order valence-corrected chi connectivity index (χ4v) is 5.47. The van der Waals surface area contributed by atoms with E-state index < -0.39 is 23.5 Å².